The van der Waals surface area contributed by atoms with Gasteiger partial charge in [-0.2, -0.15) is 0 Å². The van der Waals surface area contributed by atoms with Crippen molar-refractivity contribution in [3.8, 4) is 22.5 Å². The van der Waals surface area contributed by atoms with Crippen LogP contribution in [0.15, 0.2) is 85.2 Å². The Morgan fingerprint density at radius 3 is 1.95 bits per heavy atom. The number of nitrogens with one attached hydrogen (secondary N) is 1. The van der Waals surface area contributed by atoms with Crippen LogP contribution in [0.25, 0.3) is 22.5 Å². The Morgan fingerprint density at radius 1 is 0.838 bits per heavy atom. The highest BCUT2D eigenvalue weighted by Crippen LogP contribution is 2.23. The predicted octanol–water partition coefficient (Wildman–Crippen LogP) is 5.67. The molecular formula is C30H28FN3O3. The van der Waals surface area contributed by atoms with Crippen molar-refractivity contribution in [1.29, 1.82) is 0 Å². The van der Waals surface area contributed by atoms with Gasteiger partial charge in [-0.15, -0.1) is 0 Å². The van der Waals surface area contributed by atoms with Crippen LogP contribution < -0.4 is 5.32 Å². The van der Waals surface area contributed by atoms with Crippen molar-refractivity contribution in [2.45, 2.75) is 38.6 Å². The summed E-state index contributed by atoms with van der Waals surface area (Å²) in [5.74, 6) is -1.33. The van der Waals surface area contributed by atoms with Crippen molar-refractivity contribution in [3.63, 3.8) is 0 Å². The standard InChI is InChI=1S/C30H28FN3O3/c1-30(2,3)24-12-8-22(9-13-24)28(35)34-26(29(36)37)16-19-4-6-21(7-5-19)27-32-17-23(18-33-27)20-10-14-25(31)15-11-20/h4-15,17-18,26H,16H2,1-3H3,(H,34,35)(H,36,37)/t26-/m0/s1. The number of benzene rings is 3. The SMILES string of the molecule is CC(C)(C)c1ccc(C(=O)N[C@@H](Cc2ccc(-c3ncc(-c4ccc(F)cc4)cn3)cc2)C(=O)O)cc1. The zero-order valence-electron chi connectivity index (χ0n) is 20.9. The smallest absolute Gasteiger partial charge is 0.326 e. The first-order chi connectivity index (χ1) is 17.6. The quantitative estimate of drug-likeness (QED) is 0.343. The summed E-state index contributed by atoms with van der Waals surface area (Å²) in [7, 11) is 0. The lowest BCUT2D eigenvalue weighted by molar-refractivity contribution is -0.139. The zero-order chi connectivity index (χ0) is 26.6. The number of hydrogen-bond acceptors (Lipinski definition) is 4. The largest absolute Gasteiger partial charge is 0.480 e. The maximum Gasteiger partial charge on any atom is 0.326 e. The first kappa shape index (κ1) is 25.7. The summed E-state index contributed by atoms with van der Waals surface area (Å²) in [5, 5.41) is 12.3. The van der Waals surface area contributed by atoms with Gasteiger partial charge in [-0.3, -0.25) is 4.79 Å². The highest BCUT2D eigenvalue weighted by atomic mass is 19.1. The molecule has 3 aromatic carbocycles. The number of carboxylic acid groups (broad SMARTS) is 1. The molecule has 0 unspecified atom stereocenters. The van der Waals surface area contributed by atoms with E-state index in [-0.39, 0.29) is 17.7 Å². The summed E-state index contributed by atoms with van der Waals surface area (Å²) in [6, 6.07) is 19.5. The van der Waals surface area contributed by atoms with Gasteiger partial charge in [0.25, 0.3) is 5.91 Å². The van der Waals surface area contributed by atoms with Crippen LogP contribution in [0.4, 0.5) is 4.39 Å². The topological polar surface area (TPSA) is 92.2 Å². The number of carboxylic acids is 1. The molecule has 0 aliphatic rings. The molecule has 37 heavy (non-hydrogen) atoms. The highest BCUT2D eigenvalue weighted by Gasteiger charge is 2.22. The summed E-state index contributed by atoms with van der Waals surface area (Å²) in [5.41, 5.74) is 4.57. The minimum Gasteiger partial charge on any atom is -0.480 e. The third kappa shape index (κ3) is 6.44. The molecule has 0 radical (unpaired) electrons. The molecule has 0 aliphatic heterocycles. The van der Waals surface area contributed by atoms with E-state index in [1.807, 2.05) is 24.3 Å². The molecule has 1 atom stereocenters. The van der Waals surface area contributed by atoms with E-state index < -0.39 is 17.9 Å². The molecule has 2 N–H and O–H groups in total. The molecule has 7 heteroatoms. The monoisotopic (exact) mass is 497 g/mol. The Morgan fingerprint density at radius 2 is 1.41 bits per heavy atom. The number of aliphatic carboxylic acids is 1. The first-order valence-corrected chi connectivity index (χ1v) is 11.9. The van der Waals surface area contributed by atoms with E-state index in [1.54, 1.807) is 48.8 Å². The van der Waals surface area contributed by atoms with Gasteiger partial charge < -0.3 is 10.4 Å². The summed E-state index contributed by atoms with van der Waals surface area (Å²) in [6.07, 6.45) is 3.48. The molecule has 1 amide bonds. The number of halogens is 1. The van der Waals surface area contributed by atoms with Gasteiger partial charge in [-0.05, 0) is 46.4 Å². The van der Waals surface area contributed by atoms with Gasteiger partial charge >= 0.3 is 5.97 Å². The van der Waals surface area contributed by atoms with Crippen molar-refractivity contribution >= 4 is 11.9 Å². The normalized spacial score (nSPS) is 12.1. The van der Waals surface area contributed by atoms with Gasteiger partial charge in [0.1, 0.15) is 11.9 Å². The van der Waals surface area contributed by atoms with Crippen molar-refractivity contribution in [2.24, 2.45) is 0 Å². The van der Waals surface area contributed by atoms with Gasteiger partial charge in [0.2, 0.25) is 0 Å². The number of nitrogens with zero attached hydrogens (tertiary/aromatic N) is 2. The third-order valence-electron chi connectivity index (χ3n) is 6.10. The molecule has 1 heterocycles. The number of aromatic nitrogens is 2. The summed E-state index contributed by atoms with van der Waals surface area (Å²) in [4.78, 5) is 33.4. The van der Waals surface area contributed by atoms with E-state index in [0.717, 1.165) is 27.8 Å². The summed E-state index contributed by atoms with van der Waals surface area (Å²) < 4.78 is 13.1. The van der Waals surface area contributed by atoms with Gasteiger partial charge in [0.15, 0.2) is 5.82 Å². The number of rotatable bonds is 7. The maximum atomic E-state index is 13.1. The lowest BCUT2D eigenvalue weighted by atomic mass is 9.86. The van der Waals surface area contributed by atoms with E-state index in [4.69, 9.17) is 0 Å². The number of amides is 1. The zero-order valence-corrected chi connectivity index (χ0v) is 20.9. The molecule has 4 aromatic rings. The van der Waals surface area contributed by atoms with Crippen molar-refractivity contribution in [3.05, 3.63) is 108 Å². The van der Waals surface area contributed by atoms with Crippen LogP contribution in [0.2, 0.25) is 0 Å². The molecule has 0 aliphatic carbocycles. The van der Waals surface area contributed by atoms with E-state index >= 15 is 0 Å². The molecule has 188 valence electrons. The maximum absolute atomic E-state index is 13.1. The average Bonchev–Trinajstić information content (AvgIpc) is 2.89. The van der Waals surface area contributed by atoms with Gasteiger partial charge in [0.05, 0.1) is 0 Å². The molecule has 0 spiro atoms. The van der Waals surface area contributed by atoms with E-state index in [1.165, 1.54) is 12.1 Å². The number of hydrogen-bond donors (Lipinski definition) is 2. The van der Waals surface area contributed by atoms with Crippen molar-refractivity contribution in [1.82, 2.24) is 15.3 Å². The Balaban J connectivity index is 1.42. The molecule has 0 saturated heterocycles. The first-order valence-electron chi connectivity index (χ1n) is 11.9. The molecular weight excluding hydrogens is 469 g/mol. The second kappa shape index (κ2) is 10.7. The molecule has 0 saturated carbocycles. The number of carbonyl (C=O) groups excluding carboxylic acids is 1. The minimum absolute atomic E-state index is 0.0412. The third-order valence-corrected chi connectivity index (χ3v) is 6.10. The molecule has 0 fully saturated rings. The van der Waals surface area contributed by atoms with Crippen LogP contribution in [0.3, 0.4) is 0 Å². The van der Waals surface area contributed by atoms with Crippen LogP contribution in [0.5, 0.6) is 0 Å². The number of carbonyl (C=O) groups is 2. The van der Waals surface area contributed by atoms with E-state index in [2.05, 4.69) is 36.1 Å². The summed E-state index contributed by atoms with van der Waals surface area (Å²) >= 11 is 0. The van der Waals surface area contributed by atoms with Crippen molar-refractivity contribution in [2.75, 3.05) is 0 Å². The van der Waals surface area contributed by atoms with Crippen LogP contribution in [-0.4, -0.2) is 33.0 Å². The lowest BCUT2D eigenvalue weighted by Crippen LogP contribution is -2.42. The second-order valence-electron chi connectivity index (χ2n) is 9.89. The summed E-state index contributed by atoms with van der Waals surface area (Å²) in [6.45, 7) is 6.26. The van der Waals surface area contributed by atoms with Crippen molar-refractivity contribution < 1.29 is 19.1 Å². The van der Waals surface area contributed by atoms with E-state index in [9.17, 15) is 19.1 Å². The van der Waals surface area contributed by atoms with Crippen LogP contribution >= 0.6 is 0 Å². The molecule has 4 rings (SSSR count). The van der Waals surface area contributed by atoms with Gasteiger partial charge in [0, 0.05) is 35.5 Å². The Kier molecular flexibility index (Phi) is 7.43. The fourth-order valence-corrected chi connectivity index (χ4v) is 3.86. The van der Waals surface area contributed by atoms with Gasteiger partial charge in [-0.1, -0.05) is 69.3 Å². The highest BCUT2D eigenvalue weighted by molar-refractivity contribution is 5.96. The lowest BCUT2D eigenvalue weighted by Gasteiger charge is -2.19. The van der Waals surface area contributed by atoms with E-state index in [0.29, 0.717) is 11.4 Å². The molecule has 6 nitrogen and oxygen atoms in total. The molecule has 0 bridgehead atoms. The Bertz CT molecular complexity index is 1380. The van der Waals surface area contributed by atoms with Crippen LogP contribution in [0.1, 0.15) is 42.3 Å². The Labute approximate surface area is 215 Å². The average molecular weight is 498 g/mol. The van der Waals surface area contributed by atoms with Crippen LogP contribution in [0, 0.1) is 5.82 Å². The minimum atomic E-state index is -1.11. The fraction of sp³-hybridized carbons (Fsp3) is 0.200. The van der Waals surface area contributed by atoms with Crippen LogP contribution in [-0.2, 0) is 16.6 Å². The Hall–Kier alpha value is -4.39. The second-order valence-corrected chi connectivity index (χ2v) is 9.89. The fourth-order valence-electron chi connectivity index (χ4n) is 3.86. The van der Waals surface area contributed by atoms with Gasteiger partial charge in [-0.25, -0.2) is 19.2 Å². The predicted molar refractivity (Wildman–Crippen MR) is 141 cm³/mol. The molecule has 1 aromatic heterocycles.